The van der Waals surface area contributed by atoms with E-state index in [1.54, 1.807) is 31.2 Å². The van der Waals surface area contributed by atoms with E-state index >= 15 is 0 Å². The first-order chi connectivity index (χ1) is 16.8. The lowest BCUT2D eigenvalue weighted by Gasteiger charge is -2.26. The minimum absolute atomic E-state index is 0.135. The summed E-state index contributed by atoms with van der Waals surface area (Å²) in [5.41, 5.74) is 2.54. The fourth-order valence-electron chi connectivity index (χ4n) is 4.09. The number of hydrogen-bond acceptors (Lipinski definition) is 4. The Kier molecular flexibility index (Phi) is 9.23. The first-order valence-electron chi connectivity index (χ1n) is 12.3. The number of nitrogens with one attached hydrogen (secondary N) is 2. The number of rotatable bonds is 8. The van der Waals surface area contributed by atoms with Gasteiger partial charge < -0.3 is 20.4 Å². The number of anilines is 2. The van der Waals surface area contributed by atoms with E-state index in [-0.39, 0.29) is 30.1 Å². The van der Waals surface area contributed by atoms with Crippen molar-refractivity contribution < 1.29 is 18.8 Å². The summed E-state index contributed by atoms with van der Waals surface area (Å²) in [6.07, 6.45) is 1.66. The van der Waals surface area contributed by atoms with Crippen LogP contribution in [0, 0.1) is 11.7 Å². The molecule has 1 saturated heterocycles. The Bertz CT molecular complexity index is 1040. The number of benzene rings is 2. The molecule has 1 heterocycles. The van der Waals surface area contributed by atoms with Gasteiger partial charge in [0.2, 0.25) is 11.8 Å². The summed E-state index contributed by atoms with van der Waals surface area (Å²) in [6.45, 7) is 8.71. The lowest BCUT2D eigenvalue weighted by atomic mass is 10.1. The van der Waals surface area contributed by atoms with Gasteiger partial charge in [-0.1, -0.05) is 32.9 Å². The lowest BCUT2D eigenvalue weighted by Crippen LogP contribution is -2.36. The third kappa shape index (κ3) is 7.53. The molecule has 1 aliphatic rings. The van der Waals surface area contributed by atoms with Gasteiger partial charge in [0.1, 0.15) is 5.82 Å². The van der Waals surface area contributed by atoms with Crippen LogP contribution >= 0.6 is 0 Å². The van der Waals surface area contributed by atoms with Gasteiger partial charge in [-0.05, 0) is 48.2 Å². The van der Waals surface area contributed by atoms with Crippen LogP contribution in [-0.4, -0.2) is 48.8 Å². The molecular formula is C27H35FN4O3. The highest BCUT2D eigenvalue weighted by Crippen LogP contribution is 2.26. The van der Waals surface area contributed by atoms with E-state index in [1.807, 2.05) is 24.8 Å². The second-order valence-electron chi connectivity index (χ2n) is 9.26. The summed E-state index contributed by atoms with van der Waals surface area (Å²) in [7, 11) is 0. The molecule has 2 N–H and O–H groups in total. The van der Waals surface area contributed by atoms with E-state index in [1.165, 1.54) is 12.1 Å². The summed E-state index contributed by atoms with van der Waals surface area (Å²) >= 11 is 0. The highest BCUT2D eigenvalue weighted by molar-refractivity contribution is 6.02. The molecule has 1 aliphatic heterocycles. The minimum Gasteiger partial charge on any atom is -0.369 e. The maximum Gasteiger partial charge on any atom is 0.253 e. The van der Waals surface area contributed by atoms with Crippen LogP contribution < -0.4 is 15.5 Å². The van der Waals surface area contributed by atoms with E-state index < -0.39 is 0 Å². The van der Waals surface area contributed by atoms with E-state index in [2.05, 4.69) is 15.5 Å². The van der Waals surface area contributed by atoms with Crippen molar-refractivity contribution in [3.63, 3.8) is 0 Å². The van der Waals surface area contributed by atoms with Gasteiger partial charge in [-0.2, -0.15) is 0 Å². The molecular weight excluding hydrogens is 447 g/mol. The Labute approximate surface area is 206 Å². The van der Waals surface area contributed by atoms with Gasteiger partial charge in [-0.3, -0.25) is 14.4 Å². The summed E-state index contributed by atoms with van der Waals surface area (Å²) < 4.78 is 13.2. The third-order valence-electron chi connectivity index (χ3n) is 5.98. The second-order valence-corrected chi connectivity index (χ2v) is 9.26. The van der Waals surface area contributed by atoms with E-state index in [9.17, 15) is 18.8 Å². The van der Waals surface area contributed by atoms with Gasteiger partial charge >= 0.3 is 0 Å². The predicted octanol–water partition coefficient (Wildman–Crippen LogP) is 4.19. The van der Waals surface area contributed by atoms with E-state index in [4.69, 9.17) is 0 Å². The smallest absolute Gasteiger partial charge is 0.253 e. The van der Waals surface area contributed by atoms with Crippen molar-refractivity contribution in [1.82, 2.24) is 10.2 Å². The summed E-state index contributed by atoms with van der Waals surface area (Å²) in [6, 6.07) is 11.3. The molecule has 0 saturated carbocycles. The zero-order valence-electron chi connectivity index (χ0n) is 20.8. The van der Waals surface area contributed by atoms with Crippen molar-refractivity contribution in [3.8, 4) is 0 Å². The van der Waals surface area contributed by atoms with Crippen LogP contribution in [0.25, 0.3) is 0 Å². The van der Waals surface area contributed by atoms with Crippen LogP contribution in [0.4, 0.5) is 15.8 Å². The van der Waals surface area contributed by atoms with Crippen molar-refractivity contribution in [2.45, 2.75) is 46.6 Å². The zero-order valence-corrected chi connectivity index (χ0v) is 20.8. The van der Waals surface area contributed by atoms with Crippen LogP contribution in [0.15, 0.2) is 42.5 Å². The SMILES string of the molecule is CCC(=O)Nc1ccc(N2CCCN(C(=O)CC(C)C)CC2)c(C(=O)NCc2ccc(F)cc2)c1. The van der Waals surface area contributed by atoms with Crippen LogP contribution in [0.1, 0.15) is 56.0 Å². The van der Waals surface area contributed by atoms with Crippen molar-refractivity contribution in [2.75, 3.05) is 36.4 Å². The molecule has 188 valence electrons. The number of amides is 3. The van der Waals surface area contributed by atoms with Gasteiger partial charge in [0.05, 0.1) is 5.56 Å². The first-order valence-corrected chi connectivity index (χ1v) is 12.3. The van der Waals surface area contributed by atoms with Crippen molar-refractivity contribution in [2.24, 2.45) is 5.92 Å². The Balaban J connectivity index is 1.80. The van der Waals surface area contributed by atoms with E-state index in [0.29, 0.717) is 56.2 Å². The van der Waals surface area contributed by atoms with Gasteiger partial charge in [-0.25, -0.2) is 4.39 Å². The molecule has 0 radical (unpaired) electrons. The van der Waals surface area contributed by atoms with Crippen LogP contribution in [0.3, 0.4) is 0 Å². The average molecular weight is 483 g/mol. The number of nitrogens with zero attached hydrogens (tertiary/aromatic N) is 2. The Morgan fingerprint density at radius 1 is 1.00 bits per heavy atom. The molecule has 0 spiro atoms. The van der Waals surface area contributed by atoms with Crippen molar-refractivity contribution in [1.29, 1.82) is 0 Å². The lowest BCUT2D eigenvalue weighted by molar-refractivity contribution is -0.131. The molecule has 8 heteroatoms. The zero-order chi connectivity index (χ0) is 25.4. The summed E-state index contributed by atoms with van der Waals surface area (Å²) in [4.78, 5) is 41.8. The number of carbonyl (C=O) groups is 3. The second kappa shape index (κ2) is 12.3. The van der Waals surface area contributed by atoms with Crippen molar-refractivity contribution >= 4 is 29.1 Å². The molecule has 0 aromatic heterocycles. The summed E-state index contributed by atoms with van der Waals surface area (Å²) in [5, 5.41) is 5.73. The quantitative estimate of drug-likeness (QED) is 0.591. The molecule has 0 atom stereocenters. The monoisotopic (exact) mass is 482 g/mol. The van der Waals surface area contributed by atoms with Gasteiger partial charge in [0.25, 0.3) is 5.91 Å². The number of hydrogen-bond donors (Lipinski definition) is 2. The highest BCUT2D eigenvalue weighted by Gasteiger charge is 2.23. The Morgan fingerprint density at radius 2 is 1.74 bits per heavy atom. The largest absolute Gasteiger partial charge is 0.369 e. The molecule has 35 heavy (non-hydrogen) atoms. The number of carbonyl (C=O) groups excluding carboxylic acids is 3. The predicted molar refractivity (Wildman–Crippen MR) is 136 cm³/mol. The number of halogens is 1. The highest BCUT2D eigenvalue weighted by atomic mass is 19.1. The Hall–Kier alpha value is -3.42. The molecule has 0 bridgehead atoms. The fourth-order valence-corrected chi connectivity index (χ4v) is 4.09. The van der Waals surface area contributed by atoms with Crippen LogP contribution in [0.5, 0.6) is 0 Å². The first kappa shape index (κ1) is 26.2. The maximum atomic E-state index is 13.2. The molecule has 2 aromatic carbocycles. The summed E-state index contributed by atoms with van der Waals surface area (Å²) in [5.74, 6) is -0.275. The molecule has 3 rings (SSSR count). The van der Waals surface area contributed by atoms with Gasteiger partial charge in [-0.15, -0.1) is 0 Å². The maximum absolute atomic E-state index is 13.2. The molecule has 2 aromatic rings. The van der Waals surface area contributed by atoms with Gasteiger partial charge in [0, 0.05) is 56.9 Å². The van der Waals surface area contributed by atoms with Crippen LogP contribution in [-0.2, 0) is 16.1 Å². The third-order valence-corrected chi connectivity index (χ3v) is 5.98. The molecule has 7 nitrogen and oxygen atoms in total. The Morgan fingerprint density at radius 3 is 2.43 bits per heavy atom. The average Bonchev–Trinajstić information content (AvgIpc) is 3.09. The van der Waals surface area contributed by atoms with Gasteiger partial charge in [0.15, 0.2) is 0 Å². The minimum atomic E-state index is -0.330. The van der Waals surface area contributed by atoms with Crippen LogP contribution in [0.2, 0.25) is 0 Å². The molecule has 1 fully saturated rings. The molecule has 3 amide bonds. The molecule has 0 aliphatic carbocycles. The standard InChI is InChI=1S/C27H35FN4O3/c1-4-25(33)30-22-10-11-24(31-12-5-13-32(15-14-31)26(34)16-19(2)3)23(17-22)27(35)29-18-20-6-8-21(28)9-7-20/h6-11,17,19H,4-5,12-16,18H2,1-3H3,(H,29,35)(H,30,33). The van der Waals surface area contributed by atoms with Crippen molar-refractivity contribution in [3.05, 3.63) is 59.4 Å². The van der Waals surface area contributed by atoms with E-state index in [0.717, 1.165) is 17.7 Å². The molecule has 0 unspecified atom stereocenters. The fraction of sp³-hybridized carbons (Fsp3) is 0.444. The normalized spacial score (nSPS) is 14.0. The topological polar surface area (TPSA) is 81.8 Å².